The molecule has 1 heterocycles. The largest absolute Gasteiger partial charge is 0.458 e. The lowest BCUT2D eigenvalue weighted by molar-refractivity contribution is -0.170. The predicted molar refractivity (Wildman–Crippen MR) is 107 cm³/mol. The number of ketones is 2. The number of carbonyl (C=O) groups excluding carboxylic acids is 3. The van der Waals surface area contributed by atoms with Crippen LogP contribution < -0.4 is 0 Å². The van der Waals surface area contributed by atoms with Gasteiger partial charge in [-0.15, -0.1) is 0 Å². The van der Waals surface area contributed by atoms with Crippen LogP contribution in [0.1, 0.15) is 53.4 Å². The summed E-state index contributed by atoms with van der Waals surface area (Å²) in [5, 5.41) is 11.8. The highest BCUT2D eigenvalue weighted by molar-refractivity contribution is 6.01. The number of rotatable bonds is 3. The molecule has 1 aliphatic heterocycles. The Morgan fingerprint density at radius 2 is 2.03 bits per heavy atom. The van der Waals surface area contributed by atoms with E-state index in [0.717, 1.165) is 24.8 Å². The van der Waals surface area contributed by atoms with Gasteiger partial charge in [0.25, 0.3) is 0 Å². The third-order valence-electron chi connectivity index (χ3n) is 9.35. The summed E-state index contributed by atoms with van der Waals surface area (Å²) >= 11 is 0. The van der Waals surface area contributed by atoms with Gasteiger partial charge in [0, 0.05) is 17.8 Å². The SMILES string of the molecule is CC(=O)OCC(=O)[C@@]1(O)[C@@H](C)CC2C3CCC4=CC(=O)C=C[C@]4(C)[C@@]34O[C@@H]4C[C@@]21C. The summed E-state index contributed by atoms with van der Waals surface area (Å²) in [7, 11) is 0. The number of fused-ring (bicyclic) bond motifs is 3. The second-order valence-corrected chi connectivity index (χ2v) is 10.5. The first-order valence-corrected chi connectivity index (χ1v) is 11.0. The molecule has 3 saturated carbocycles. The Labute approximate surface area is 176 Å². The fourth-order valence-corrected chi connectivity index (χ4v) is 7.85. The minimum atomic E-state index is -1.54. The molecule has 0 aromatic heterocycles. The van der Waals surface area contributed by atoms with Crippen molar-refractivity contribution in [3.8, 4) is 0 Å². The molecule has 2 unspecified atom stereocenters. The predicted octanol–water partition coefficient (Wildman–Crippen LogP) is 2.53. The highest BCUT2D eigenvalue weighted by Gasteiger charge is 2.81. The molecular weight excluding hydrogens is 384 g/mol. The number of Topliss-reactive ketones (excluding diaryl/α,β-unsaturated/α-hetero) is 1. The van der Waals surface area contributed by atoms with E-state index in [1.807, 2.05) is 19.9 Å². The Morgan fingerprint density at radius 1 is 1.30 bits per heavy atom. The summed E-state index contributed by atoms with van der Waals surface area (Å²) in [5.41, 5.74) is -1.71. The maximum Gasteiger partial charge on any atom is 0.303 e. The minimum absolute atomic E-state index is 0.0371. The molecule has 5 rings (SSSR count). The molecule has 5 aliphatic rings. The van der Waals surface area contributed by atoms with Gasteiger partial charge in [-0.3, -0.25) is 14.4 Å². The van der Waals surface area contributed by atoms with E-state index in [1.54, 1.807) is 12.2 Å². The number of epoxide rings is 1. The molecule has 0 aromatic rings. The fraction of sp³-hybridized carbons (Fsp3) is 0.708. The van der Waals surface area contributed by atoms with Crippen molar-refractivity contribution in [2.24, 2.45) is 28.6 Å². The van der Waals surface area contributed by atoms with E-state index in [-0.39, 0.29) is 40.7 Å². The summed E-state index contributed by atoms with van der Waals surface area (Å²) < 4.78 is 11.4. The topological polar surface area (TPSA) is 93.2 Å². The van der Waals surface area contributed by atoms with Crippen LogP contribution in [-0.2, 0) is 23.9 Å². The molecule has 0 bridgehead atoms. The van der Waals surface area contributed by atoms with Gasteiger partial charge in [-0.05, 0) is 62.5 Å². The molecule has 6 heteroatoms. The van der Waals surface area contributed by atoms with Crippen molar-refractivity contribution in [3.05, 3.63) is 23.8 Å². The van der Waals surface area contributed by atoms with Gasteiger partial charge >= 0.3 is 5.97 Å². The van der Waals surface area contributed by atoms with Gasteiger partial charge in [-0.2, -0.15) is 0 Å². The maximum atomic E-state index is 13.1. The van der Waals surface area contributed by atoms with Gasteiger partial charge in [0.1, 0.15) is 11.2 Å². The van der Waals surface area contributed by atoms with Crippen molar-refractivity contribution >= 4 is 17.5 Å². The molecule has 8 atom stereocenters. The van der Waals surface area contributed by atoms with E-state index in [0.29, 0.717) is 6.42 Å². The van der Waals surface area contributed by atoms with Crippen molar-refractivity contribution in [2.75, 3.05) is 6.61 Å². The van der Waals surface area contributed by atoms with E-state index >= 15 is 0 Å². The molecular formula is C24H30O6. The summed E-state index contributed by atoms with van der Waals surface area (Å²) in [4.78, 5) is 36.3. The van der Waals surface area contributed by atoms with Gasteiger partial charge in [0.05, 0.1) is 6.10 Å². The summed E-state index contributed by atoms with van der Waals surface area (Å²) in [5.74, 6) is -0.783. The standard InChI is InChI=1S/C24H30O6/c1-13-9-18-17-6-5-15-10-16(26)7-8-21(15,3)24(17)20(30-24)11-22(18,4)23(13,28)19(27)12-29-14(2)25/h7-8,10,13,17-18,20,28H,5-6,9,11-12H2,1-4H3/t13-,17?,18?,20+,21-,22-,23-,24+/m0/s1. The molecule has 4 fully saturated rings. The lowest BCUT2D eigenvalue weighted by atomic mass is 9.46. The second-order valence-electron chi connectivity index (χ2n) is 10.5. The zero-order valence-electron chi connectivity index (χ0n) is 18.1. The van der Waals surface area contributed by atoms with Crippen LogP contribution >= 0.6 is 0 Å². The Kier molecular flexibility index (Phi) is 3.97. The van der Waals surface area contributed by atoms with Crippen molar-refractivity contribution in [3.63, 3.8) is 0 Å². The van der Waals surface area contributed by atoms with Crippen LogP contribution in [0.25, 0.3) is 0 Å². The van der Waals surface area contributed by atoms with E-state index in [4.69, 9.17) is 9.47 Å². The average molecular weight is 414 g/mol. The number of allylic oxidation sites excluding steroid dienone is 2. The summed E-state index contributed by atoms with van der Waals surface area (Å²) in [6.45, 7) is 7.00. The normalized spacial score (nSPS) is 50.6. The first-order chi connectivity index (χ1) is 14.0. The lowest BCUT2D eigenvalue weighted by Crippen LogP contribution is -2.62. The molecule has 0 radical (unpaired) electrons. The van der Waals surface area contributed by atoms with Crippen LogP contribution in [0.3, 0.4) is 0 Å². The second kappa shape index (κ2) is 5.92. The maximum absolute atomic E-state index is 13.1. The average Bonchev–Trinajstić information content (AvgIpc) is 3.36. The smallest absolute Gasteiger partial charge is 0.303 e. The minimum Gasteiger partial charge on any atom is -0.458 e. The molecule has 0 aromatic carbocycles. The van der Waals surface area contributed by atoms with Gasteiger partial charge in [-0.1, -0.05) is 25.5 Å². The molecule has 1 saturated heterocycles. The zero-order valence-corrected chi connectivity index (χ0v) is 18.1. The van der Waals surface area contributed by atoms with Crippen molar-refractivity contribution in [2.45, 2.75) is 70.7 Å². The van der Waals surface area contributed by atoms with Crippen LogP contribution in [0.5, 0.6) is 0 Å². The number of hydrogen-bond donors (Lipinski definition) is 1. The first kappa shape index (κ1) is 20.1. The molecule has 1 N–H and O–H groups in total. The third-order valence-corrected chi connectivity index (χ3v) is 9.35. The van der Waals surface area contributed by atoms with E-state index in [2.05, 4.69) is 6.92 Å². The van der Waals surface area contributed by atoms with Crippen molar-refractivity contribution in [1.82, 2.24) is 0 Å². The van der Waals surface area contributed by atoms with Crippen LogP contribution in [0.4, 0.5) is 0 Å². The van der Waals surface area contributed by atoms with Crippen LogP contribution in [0.2, 0.25) is 0 Å². The number of carbonyl (C=O) groups is 3. The van der Waals surface area contributed by atoms with Crippen LogP contribution in [-0.4, -0.2) is 46.6 Å². The van der Waals surface area contributed by atoms with Gasteiger partial charge < -0.3 is 14.6 Å². The lowest BCUT2D eigenvalue weighted by Gasteiger charge is -2.55. The highest BCUT2D eigenvalue weighted by Crippen LogP contribution is 2.76. The number of hydrogen-bond acceptors (Lipinski definition) is 6. The molecule has 1 spiro atoms. The van der Waals surface area contributed by atoms with Crippen LogP contribution in [0.15, 0.2) is 23.8 Å². The number of aliphatic hydroxyl groups is 1. The molecule has 4 aliphatic carbocycles. The molecule has 6 nitrogen and oxygen atoms in total. The van der Waals surface area contributed by atoms with Gasteiger partial charge in [-0.25, -0.2) is 0 Å². The van der Waals surface area contributed by atoms with Crippen LogP contribution in [0, 0.1) is 28.6 Å². The van der Waals surface area contributed by atoms with Gasteiger partial charge in [0.15, 0.2) is 12.4 Å². The van der Waals surface area contributed by atoms with E-state index < -0.39 is 29.4 Å². The Hall–Kier alpha value is -1.79. The zero-order chi connectivity index (χ0) is 21.7. The molecule has 0 amide bonds. The quantitative estimate of drug-likeness (QED) is 0.564. The monoisotopic (exact) mass is 414 g/mol. The fourth-order valence-electron chi connectivity index (χ4n) is 7.85. The molecule has 162 valence electrons. The third kappa shape index (κ3) is 2.14. The summed E-state index contributed by atoms with van der Waals surface area (Å²) in [6.07, 6.45) is 8.43. The summed E-state index contributed by atoms with van der Waals surface area (Å²) in [6, 6.07) is 0. The van der Waals surface area contributed by atoms with Crippen molar-refractivity contribution < 1.29 is 29.0 Å². The Balaban J connectivity index is 1.52. The highest BCUT2D eigenvalue weighted by atomic mass is 16.6. The van der Waals surface area contributed by atoms with Gasteiger partial charge in [0.2, 0.25) is 5.78 Å². The number of ether oxygens (including phenoxy) is 2. The Bertz CT molecular complexity index is 919. The first-order valence-electron chi connectivity index (χ1n) is 11.0. The molecule has 30 heavy (non-hydrogen) atoms. The van der Waals surface area contributed by atoms with E-state index in [9.17, 15) is 19.5 Å². The van der Waals surface area contributed by atoms with E-state index in [1.165, 1.54) is 6.92 Å². The van der Waals surface area contributed by atoms with Crippen molar-refractivity contribution in [1.29, 1.82) is 0 Å². The number of esters is 1. The Morgan fingerprint density at radius 3 is 2.73 bits per heavy atom.